The number of rotatable bonds is 5. The van der Waals surface area contributed by atoms with Gasteiger partial charge in [-0.15, -0.1) is 0 Å². The van der Waals surface area contributed by atoms with Crippen molar-refractivity contribution < 1.29 is 14.4 Å². The van der Waals surface area contributed by atoms with Gasteiger partial charge in [-0.3, -0.25) is 14.4 Å². The Kier molecular flexibility index (Phi) is 8.34. The van der Waals surface area contributed by atoms with Crippen molar-refractivity contribution in [1.29, 1.82) is 0 Å². The molecule has 0 unspecified atom stereocenters. The molecular weight excluding hydrogens is 336 g/mol. The molecule has 26 heavy (non-hydrogen) atoms. The van der Waals surface area contributed by atoms with Crippen LogP contribution in [0, 0.1) is 5.92 Å². The molecule has 148 valence electrons. The maximum atomic E-state index is 12.1. The van der Waals surface area contributed by atoms with E-state index in [1.54, 1.807) is 28.2 Å². The molecule has 0 aromatic rings. The van der Waals surface area contributed by atoms with Crippen LogP contribution in [0.3, 0.4) is 0 Å². The Morgan fingerprint density at radius 2 is 1.42 bits per heavy atom. The van der Waals surface area contributed by atoms with E-state index in [1.165, 1.54) is 9.80 Å². The van der Waals surface area contributed by atoms with Crippen molar-refractivity contribution in [3.8, 4) is 0 Å². The number of carbonyl (C=O) groups is 3. The lowest BCUT2D eigenvalue weighted by Crippen LogP contribution is -2.55. The van der Waals surface area contributed by atoms with Crippen LogP contribution in [-0.4, -0.2) is 111 Å². The molecule has 9 heteroatoms. The van der Waals surface area contributed by atoms with Crippen LogP contribution in [-0.2, 0) is 14.4 Å². The number of piperazine rings is 1. The summed E-state index contributed by atoms with van der Waals surface area (Å²) in [7, 11) is 6.73. The van der Waals surface area contributed by atoms with Gasteiger partial charge in [-0.1, -0.05) is 13.8 Å². The number of hydrogen-bond acceptors (Lipinski definition) is 4. The predicted octanol–water partition coefficient (Wildman–Crippen LogP) is -1.09. The smallest absolute Gasteiger partial charge is 0.243 e. The lowest BCUT2D eigenvalue weighted by atomic mass is 10.1. The van der Waals surface area contributed by atoms with Gasteiger partial charge in [0.05, 0.1) is 6.54 Å². The maximum absolute atomic E-state index is 12.1. The number of carbonyl (C=O) groups excluding carboxylic acids is 3. The van der Waals surface area contributed by atoms with Gasteiger partial charge in [-0.25, -0.2) is 4.99 Å². The number of likely N-dealkylation sites (N-methyl/N-ethyl adjacent to an activating group) is 2. The number of hydrogen-bond donors (Lipinski definition) is 1. The van der Waals surface area contributed by atoms with Gasteiger partial charge in [0, 0.05) is 60.3 Å². The molecule has 0 aromatic carbocycles. The Balaban J connectivity index is 2.75. The molecule has 0 bridgehead atoms. The van der Waals surface area contributed by atoms with E-state index in [1.807, 2.05) is 23.6 Å². The lowest BCUT2D eigenvalue weighted by molar-refractivity contribution is -0.135. The van der Waals surface area contributed by atoms with Crippen LogP contribution in [0.15, 0.2) is 4.99 Å². The quantitative estimate of drug-likeness (QED) is 0.492. The van der Waals surface area contributed by atoms with Gasteiger partial charge in [0.2, 0.25) is 17.7 Å². The standard InChI is InChI=1S/C17H32N6O3/c1-13(2)16(26)22-7-9-23(10-8-22)17(18-11-14(24)20(3)4)19-12-15(25)21(5)6/h13H,7-12H2,1-6H3,(H,18,19). The maximum Gasteiger partial charge on any atom is 0.243 e. The second kappa shape index (κ2) is 9.98. The van der Waals surface area contributed by atoms with E-state index in [0.29, 0.717) is 32.1 Å². The summed E-state index contributed by atoms with van der Waals surface area (Å²) in [5.41, 5.74) is 0. The number of amides is 3. The summed E-state index contributed by atoms with van der Waals surface area (Å²) >= 11 is 0. The first kappa shape index (κ1) is 21.7. The van der Waals surface area contributed by atoms with Gasteiger partial charge in [-0.05, 0) is 0 Å². The zero-order valence-corrected chi connectivity index (χ0v) is 16.8. The molecule has 0 saturated carbocycles. The molecular formula is C17H32N6O3. The van der Waals surface area contributed by atoms with Crippen molar-refractivity contribution in [2.75, 3.05) is 67.5 Å². The lowest BCUT2D eigenvalue weighted by Gasteiger charge is -2.37. The average Bonchev–Trinajstić information content (AvgIpc) is 2.60. The van der Waals surface area contributed by atoms with E-state index in [4.69, 9.17) is 0 Å². The second-order valence-electron chi connectivity index (χ2n) is 7.04. The Hall–Kier alpha value is -2.32. The number of nitrogens with one attached hydrogen (secondary N) is 1. The van der Waals surface area contributed by atoms with Crippen LogP contribution in [0.25, 0.3) is 0 Å². The molecule has 0 spiro atoms. The molecule has 1 aliphatic rings. The highest BCUT2D eigenvalue weighted by Crippen LogP contribution is 2.07. The molecule has 1 heterocycles. The van der Waals surface area contributed by atoms with Crippen molar-refractivity contribution in [2.24, 2.45) is 10.9 Å². The minimum Gasteiger partial charge on any atom is -0.347 e. The summed E-state index contributed by atoms with van der Waals surface area (Å²) in [6, 6.07) is 0. The fourth-order valence-electron chi connectivity index (χ4n) is 2.37. The summed E-state index contributed by atoms with van der Waals surface area (Å²) in [4.78, 5) is 47.0. The minimum absolute atomic E-state index is 0.0105. The molecule has 0 aromatic heterocycles. The fourth-order valence-corrected chi connectivity index (χ4v) is 2.37. The highest BCUT2D eigenvalue weighted by molar-refractivity contribution is 5.88. The van der Waals surface area contributed by atoms with Crippen molar-refractivity contribution in [3.05, 3.63) is 0 Å². The van der Waals surface area contributed by atoms with E-state index in [0.717, 1.165) is 0 Å². The molecule has 1 fully saturated rings. The van der Waals surface area contributed by atoms with Crippen molar-refractivity contribution >= 4 is 23.7 Å². The van der Waals surface area contributed by atoms with Gasteiger partial charge < -0.3 is 24.9 Å². The van der Waals surface area contributed by atoms with Crippen LogP contribution >= 0.6 is 0 Å². The number of guanidine groups is 1. The van der Waals surface area contributed by atoms with Crippen molar-refractivity contribution in [3.63, 3.8) is 0 Å². The predicted molar refractivity (Wildman–Crippen MR) is 101 cm³/mol. The number of aliphatic imine (C=N–C) groups is 1. The molecule has 9 nitrogen and oxygen atoms in total. The zero-order valence-electron chi connectivity index (χ0n) is 16.8. The third-order valence-corrected chi connectivity index (χ3v) is 4.14. The number of nitrogens with zero attached hydrogens (tertiary/aromatic N) is 5. The minimum atomic E-state index is -0.114. The summed E-state index contributed by atoms with van der Waals surface area (Å²) in [6.45, 7) is 6.31. The third-order valence-electron chi connectivity index (χ3n) is 4.14. The van der Waals surface area contributed by atoms with Crippen LogP contribution < -0.4 is 5.32 Å². The second-order valence-corrected chi connectivity index (χ2v) is 7.04. The van der Waals surface area contributed by atoms with E-state index in [2.05, 4.69) is 10.3 Å². The Morgan fingerprint density at radius 1 is 0.923 bits per heavy atom. The highest BCUT2D eigenvalue weighted by Gasteiger charge is 2.25. The van der Waals surface area contributed by atoms with Crippen LogP contribution in [0.5, 0.6) is 0 Å². The summed E-state index contributed by atoms with van der Waals surface area (Å²) in [5, 5.41) is 3.04. The average molecular weight is 368 g/mol. The van der Waals surface area contributed by atoms with Gasteiger partial charge in [0.25, 0.3) is 0 Å². The first-order valence-electron chi connectivity index (χ1n) is 8.85. The molecule has 1 rings (SSSR count). The summed E-state index contributed by atoms with van der Waals surface area (Å²) in [6.07, 6.45) is 0. The molecule has 1 N–H and O–H groups in total. The van der Waals surface area contributed by atoms with Gasteiger partial charge in [0.1, 0.15) is 6.54 Å². The summed E-state index contributed by atoms with van der Waals surface area (Å²) < 4.78 is 0. The highest BCUT2D eigenvalue weighted by atomic mass is 16.2. The molecule has 3 amide bonds. The van der Waals surface area contributed by atoms with Crippen LogP contribution in [0.4, 0.5) is 0 Å². The van der Waals surface area contributed by atoms with E-state index in [-0.39, 0.29) is 36.7 Å². The van der Waals surface area contributed by atoms with Crippen LogP contribution in [0.1, 0.15) is 13.8 Å². The molecule has 0 aliphatic carbocycles. The molecule has 0 radical (unpaired) electrons. The Morgan fingerprint density at radius 3 is 1.88 bits per heavy atom. The SMILES string of the molecule is CC(C)C(=O)N1CCN(C(=NCC(=O)N(C)C)NCC(=O)N(C)C)CC1. The van der Waals surface area contributed by atoms with Crippen molar-refractivity contribution in [2.45, 2.75) is 13.8 Å². The summed E-state index contributed by atoms with van der Waals surface area (Å²) in [5.74, 6) is 0.444. The van der Waals surface area contributed by atoms with Crippen LogP contribution in [0.2, 0.25) is 0 Å². The topological polar surface area (TPSA) is 88.6 Å². The third kappa shape index (κ3) is 6.53. The van der Waals surface area contributed by atoms with Gasteiger partial charge in [0.15, 0.2) is 5.96 Å². The van der Waals surface area contributed by atoms with E-state index >= 15 is 0 Å². The van der Waals surface area contributed by atoms with E-state index in [9.17, 15) is 14.4 Å². The van der Waals surface area contributed by atoms with Gasteiger partial charge in [-0.2, -0.15) is 0 Å². The molecule has 0 atom stereocenters. The van der Waals surface area contributed by atoms with Gasteiger partial charge >= 0.3 is 0 Å². The largest absolute Gasteiger partial charge is 0.347 e. The van der Waals surface area contributed by atoms with Crippen molar-refractivity contribution in [1.82, 2.24) is 24.9 Å². The molecule has 1 aliphatic heterocycles. The fraction of sp³-hybridized carbons (Fsp3) is 0.765. The monoisotopic (exact) mass is 368 g/mol. The van der Waals surface area contributed by atoms with E-state index < -0.39 is 0 Å². The normalized spacial score (nSPS) is 15.1. The Labute approximate surface area is 156 Å². The first-order chi connectivity index (χ1) is 12.1. The zero-order chi connectivity index (χ0) is 19.9. The Bertz CT molecular complexity index is 537. The first-order valence-corrected chi connectivity index (χ1v) is 8.85. The molecule has 1 saturated heterocycles.